The number of ether oxygens (including phenoxy) is 2. The fourth-order valence-corrected chi connectivity index (χ4v) is 5.56. The van der Waals surface area contributed by atoms with E-state index in [4.69, 9.17) is 15.9 Å². The van der Waals surface area contributed by atoms with Crippen LogP contribution in [0.1, 0.15) is 12.8 Å². The summed E-state index contributed by atoms with van der Waals surface area (Å²) in [7, 11) is 1.98. The normalized spacial score (nSPS) is 13.0. The molecule has 0 amide bonds. The van der Waals surface area contributed by atoms with Crippen molar-refractivity contribution in [2.75, 3.05) is 29.9 Å². The van der Waals surface area contributed by atoms with Gasteiger partial charge in [-0.2, -0.15) is 43.1 Å². The van der Waals surface area contributed by atoms with Gasteiger partial charge in [0.25, 0.3) is 0 Å². The third-order valence-electron chi connectivity index (χ3n) is 7.99. The Labute approximate surface area is 335 Å². The first-order valence-corrected chi connectivity index (χ1v) is 16.3. The molecule has 4 aromatic carbocycles. The van der Waals surface area contributed by atoms with E-state index in [0.717, 1.165) is 46.8 Å². The topological polar surface area (TPSA) is 46.0 Å². The van der Waals surface area contributed by atoms with E-state index in [1.54, 1.807) is 23.2 Å². The zero-order valence-corrected chi connectivity index (χ0v) is 32.7. The number of rotatable bonds is 8. The molecule has 0 atom stereocenters. The Kier molecular flexibility index (Phi) is 13.6. The largest absolute Gasteiger partial charge is 4.00 e. The number of pyridine rings is 1. The van der Waals surface area contributed by atoms with Crippen molar-refractivity contribution in [2.45, 2.75) is 12.8 Å². The molecule has 0 radical (unpaired) electrons. The second kappa shape index (κ2) is 18.5. The molecule has 2 aliphatic rings. The first-order chi connectivity index (χ1) is 24.6. The summed E-state index contributed by atoms with van der Waals surface area (Å²) in [6.45, 7) is 4.03. The molecule has 0 N–H and O–H groups in total. The van der Waals surface area contributed by atoms with Gasteiger partial charge < -0.3 is 40.1 Å². The zero-order chi connectivity index (χ0) is 34.1. The number of nitrogens with zero attached hydrogens (tertiary/aromatic N) is 5. The van der Waals surface area contributed by atoms with Gasteiger partial charge in [-0.25, -0.2) is 18.2 Å². The van der Waals surface area contributed by atoms with Gasteiger partial charge in [0.1, 0.15) is 0 Å². The number of aromatic nitrogens is 2. The van der Waals surface area contributed by atoms with Crippen molar-refractivity contribution in [3.8, 4) is 51.4 Å². The van der Waals surface area contributed by atoms with Crippen molar-refractivity contribution in [2.24, 2.45) is 0 Å². The van der Waals surface area contributed by atoms with E-state index in [1.807, 2.05) is 115 Å². The number of para-hydroxylation sites is 1. The SMILES string of the molecule is CN1C=CN(c2[c-]c(Oc3[c-]c(-c4cc(-c5[c-]c(Oc6[c-]cccc6)cc(N6CCCC6)c5)[c-]cn4)ccc3)ccc2)[CH-]1.[C-]#Cn1cccc1.[Pt+4].[Pt]. The molecule has 0 saturated carbocycles. The maximum atomic E-state index is 6.57. The van der Waals surface area contributed by atoms with Crippen LogP contribution in [0.5, 0.6) is 23.0 Å². The zero-order valence-electron chi connectivity index (χ0n) is 28.1. The molecule has 1 fully saturated rings. The smallest absolute Gasteiger partial charge is 0.669 e. The minimum Gasteiger partial charge on any atom is -0.669 e. The summed E-state index contributed by atoms with van der Waals surface area (Å²) in [5.74, 6) is 2.48. The molecule has 7 nitrogen and oxygen atoms in total. The van der Waals surface area contributed by atoms with Gasteiger partial charge in [-0.3, -0.25) is 11.1 Å². The first-order valence-electron chi connectivity index (χ1n) is 16.3. The molecule has 0 unspecified atom stereocenters. The van der Waals surface area contributed by atoms with Gasteiger partial charge in [0.05, 0.1) is 0 Å². The summed E-state index contributed by atoms with van der Waals surface area (Å²) >= 11 is 0. The van der Waals surface area contributed by atoms with Gasteiger partial charge in [0.2, 0.25) is 0 Å². The molecule has 6 aromatic rings. The molecule has 2 aromatic heterocycles. The van der Waals surface area contributed by atoms with Gasteiger partial charge in [0, 0.05) is 69.5 Å². The van der Waals surface area contributed by atoms with Crippen LogP contribution in [-0.4, -0.2) is 34.6 Å². The van der Waals surface area contributed by atoms with Crippen LogP contribution in [0.3, 0.4) is 0 Å². The molecule has 0 bridgehead atoms. The summed E-state index contributed by atoms with van der Waals surface area (Å²) in [6.07, 6.45) is 18.1. The quantitative estimate of drug-likeness (QED) is 0.112. The van der Waals surface area contributed by atoms with Crippen molar-refractivity contribution in [3.05, 3.63) is 165 Å². The monoisotopic (exact) mass is 1040 g/mol. The molecule has 4 heterocycles. The first kappa shape index (κ1) is 38.2. The number of anilines is 2. The van der Waals surface area contributed by atoms with E-state index in [-0.39, 0.29) is 42.1 Å². The third kappa shape index (κ3) is 9.85. The number of benzene rings is 4. The van der Waals surface area contributed by atoms with Gasteiger partial charge in [-0.1, -0.05) is 29.7 Å². The summed E-state index contributed by atoms with van der Waals surface area (Å²) in [5.41, 5.74) is 5.32. The molecular formula is C43H32N5O2Pt2-3. The summed E-state index contributed by atoms with van der Waals surface area (Å²) in [4.78, 5) is 11.0. The van der Waals surface area contributed by atoms with Crippen molar-refractivity contribution in [1.82, 2.24) is 14.5 Å². The average Bonchev–Trinajstić information content (AvgIpc) is 3.97. The summed E-state index contributed by atoms with van der Waals surface area (Å²) in [5, 5.41) is 0. The van der Waals surface area contributed by atoms with Crippen LogP contribution in [0.25, 0.3) is 22.4 Å². The van der Waals surface area contributed by atoms with Gasteiger partial charge in [-0.05, 0) is 44.4 Å². The second-order valence-electron chi connectivity index (χ2n) is 11.6. The summed E-state index contributed by atoms with van der Waals surface area (Å²) < 4.78 is 13.9. The standard InChI is InChI=1S/C37H28N4O2.C6H4N.2Pt/c1-39-19-20-41(27-39)31-10-8-14-35(25-31)43-34-13-7-9-29(22-34)37-24-28(15-16-38-37)30-21-32(40-17-5-6-18-40)26-36(23-30)42-33-11-3-2-4-12-33;1-2-7-5-3-4-6-7;;/h2-4,7-11,13-14,16,19-21,24,26-27H,5-6,17-18H2,1H3;3-6H;;/q-6;-1;;+4. The Bertz CT molecular complexity index is 2110. The molecule has 8 rings (SSSR count). The molecule has 2 aliphatic heterocycles. The molecule has 0 spiro atoms. The average molecular weight is 1040 g/mol. The summed E-state index contributed by atoms with van der Waals surface area (Å²) in [6, 6.07) is 47.9. The van der Waals surface area contributed by atoms with Crippen molar-refractivity contribution in [3.63, 3.8) is 0 Å². The van der Waals surface area contributed by atoms with Crippen molar-refractivity contribution < 1.29 is 51.6 Å². The fourth-order valence-electron chi connectivity index (χ4n) is 5.56. The molecule has 1 saturated heterocycles. The number of hydrogen-bond acceptors (Lipinski definition) is 6. The van der Waals surface area contributed by atoms with E-state index in [0.29, 0.717) is 23.0 Å². The molecule has 264 valence electrons. The van der Waals surface area contributed by atoms with Crippen LogP contribution in [0.4, 0.5) is 11.4 Å². The predicted molar refractivity (Wildman–Crippen MR) is 194 cm³/mol. The van der Waals surface area contributed by atoms with E-state index >= 15 is 0 Å². The van der Waals surface area contributed by atoms with Crippen LogP contribution >= 0.6 is 0 Å². The second-order valence-corrected chi connectivity index (χ2v) is 11.6. The molecular weight excluding hydrogens is 1010 g/mol. The van der Waals surface area contributed by atoms with Crippen LogP contribution in [0.15, 0.2) is 122 Å². The van der Waals surface area contributed by atoms with E-state index < -0.39 is 0 Å². The van der Waals surface area contributed by atoms with Crippen LogP contribution in [0.2, 0.25) is 0 Å². The van der Waals surface area contributed by atoms with Crippen LogP contribution < -0.4 is 19.3 Å². The van der Waals surface area contributed by atoms with Gasteiger partial charge in [0.15, 0.2) is 0 Å². The molecule has 52 heavy (non-hydrogen) atoms. The Morgan fingerprint density at radius 2 is 1.48 bits per heavy atom. The Morgan fingerprint density at radius 3 is 2.19 bits per heavy atom. The van der Waals surface area contributed by atoms with Crippen molar-refractivity contribution >= 4 is 11.4 Å². The predicted octanol–water partition coefficient (Wildman–Crippen LogP) is 8.82. The van der Waals surface area contributed by atoms with Crippen LogP contribution in [-0.2, 0) is 42.1 Å². The van der Waals surface area contributed by atoms with Gasteiger partial charge >= 0.3 is 21.1 Å². The minimum atomic E-state index is 0. The van der Waals surface area contributed by atoms with Crippen LogP contribution in [0, 0.1) is 49.5 Å². The van der Waals surface area contributed by atoms with E-state index in [2.05, 4.69) is 58.4 Å². The Balaban J connectivity index is 0.000000523. The van der Waals surface area contributed by atoms with Gasteiger partial charge in [-0.15, -0.1) is 59.8 Å². The third-order valence-corrected chi connectivity index (χ3v) is 7.99. The Hall–Kier alpha value is -5.01. The molecule has 0 aliphatic carbocycles. The fraction of sp³-hybridized carbons (Fsp3) is 0.116. The molecule has 9 heteroatoms. The maximum Gasteiger partial charge on any atom is 4.00 e. The maximum absolute atomic E-state index is 6.57. The Morgan fingerprint density at radius 1 is 0.750 bits per heavy atom. The van der Waals surface area contributed by atoms with E-state index in [1.165, 1.54) is 12.8 Å². The minimum absolute atomic E-state index is 0. The number of hydrogen-bond donors (Lipinski definition) is 0. The van der Waals surface area contributed by atoms with Crippen molar-refractivity contribution in [1.29, 1.82) is 0 Å². The van der Waals surface area contributed by atoms with E-state index in [9.17, 15) is 0 Å².